The Labute approximate surface area is 397 Å². The number of unbranched alkanes of at least 4 members (excludes halogenated alkanes) is 8. The number of carbonyl (C=O) groups excluding carboxylic acids is 3. The molecule has 0 rings (SSSR count). The van der Waals surface area contributed by atoms with Gasteiger partial charge in [-0.15, -0.1) is 0 Å². The minimum absolute atomic E-state index is 0.139. The van der Waals surface area contributed by atoms with Crippen molar-refractivity contribution in [3.05, 3.63) is 146 Å². The molecule has 0 saturated carbocycles. The Morgan fingerprint density at radius 2 is 0.600 bits per heavy atom. The molecule has 65 heavy (non-hydrogen) atoms. The van der Waals surface area contributed by atoms with E-state index in [1.54, 1.807) is 0 Å². The molecule has 6 heteroatoms. The topological polar surface area (TPSA) is 78.9 Å². The maximum Gasteiger partial charge on any atom is 0.306 e. The summed E-state index contributed by atoms with van der Waals surface area (Å²) >= 11 is 0. The van der Waals surface area contributed by atoms with Crippen LogP contribution in [0.25, 0.3) is 0 Å². The highest BCUT2D eigenvalue weighted by molar-refractivity contribution is 5.71. The zero-order valence-corrected chi connectivity index (χ0v) is 41.2. The van der Waals surface area contributed by atoms with Crippen LogP contribution in [-0.2, 0) is 28.6 Å². The van der Waals surface area contributed by atoms with E-state index in [1.807, 2.05) is 0 Å². The van der Waals surface area contributed by atoms with E-state index in [0.717, 1.165) is 103 Å². The molecule has 0 aromatic carbocycles. The quantitative estimate of drug-likeness (QED) is 0.0263. The molecule has 0 fully saturated rings. The zero-order chi connectivity index (χ0) is 47.2. The highest BCUT2D eigenvalue weighted by Gasteiger charge is 2.19. The Morgan fingerprint density at radius 1 is 0.323 bits per heavy atom. The van der Waals surface area contributed by atoms with E-state index >= 15 is 0 Å². The summed E-state index contributed by atoms with van der Waals surface area (Å²) < 4.78 is 16.7. The summed E-state index contributed by atoms with van der Waals surface area (Å²) in [6.45, 7) is 6.23. The second-order valence-corrected chi connectivity index (χ2v) is 16.0. The van der Waals surface area contributed by atoms with Gasteiger partial charge in [-0.25, -0.2) is 0 Å². The standard InChI is InChI=1S/C59H90O6/c1-4-7-10-13-16-19-22-25-28-29-32-34-37-40-43-46-49-52-58(61)64-55-56(65-59(62)53-50-47-44-41-38-35-31-27-24-21-18-15-12-9-6-3)54-63-57(60)51-48-45-42-39-36-33-30-26-23-20-17-14-11-8-5-2/h7,9-10,12,16-21,25-28,30-32,34,36,38-41,43,56H,4-6,8,11,13-15,22-24,29,33,35,37,42,44-55H2,1-3H3/b10-7-,12-9-,19-16-,20-17-,21-18-,28-25-,30-26-,31-27-,34-32-,39-36-,41-38-,43-40-/t56-/m0/s1. The van der Waals surface area contributed by atoms with Gasteiger partial charge in [0, 0.05) is 19.3 Å². The Balaban J connectivity index is 4.64. The predicted molar refractivity (Wildman–Crippen MR) is 279 cm³/mol. The first-order valence-corrected chi connectivity index (χ1v) is 25.3. The third-order valence-corrected chi connectivity index (χ3v) is 9.81. The van der Waals surface area contributed by atoms with Gasteiger partial charge in [-0.3, -0.25) is 14.4 Å². The lowest BCUT2D eigenvalue weighted by atomic mass is 10.1. The van der Waals surface area contributed by atoms with Crippen molar-refractivity contribution < 1.29 is 28.6 Å². The highest BCUT2D eigenvalue weighted by Crippen LogP contribution is 2.10. The highest BCUT2D eigenvalue weighted by atomic mass is 16.6. The number of esters is 3. The Hall–Kier alpha value is -4.71. The fourth-order valence-corrected chi connectivity index (χ4v) is 6.06. The van der Waals surface area contributed by atoms with E-state index < -0.39 is 6.10 Å². The Morgan fingerprint density at radius 3 is 0.938 bits per heavy atom. The Kier molecular flexibility index (Phi) is 48.2. The summed E-state index contributed by atoms with van der Waals surface area (Å²) in [4.78, 5) is 37.9. The van der Waals surface area contributed by atoms with Gasteiger partial charge in [0.1, 0.15) is 13.2 Å². The maximum atomic E-state index is 12.8. The molecule has 0 unspecified atom stereocenters. The first-order valence-electron chi connectivity index (χ1n) is 25.3. The largest absolute Gasteiger partial charge is 0.462 e. The number of allylic oxidation sites excluding steroid dienone is 24. The summed E-state index contributed by atoms with van der Waals surface area (Å²) in [7, 11) is 0. The van der Waals surface area contributed by atoms with Gasteiger partial charge in [-0.05, 0) is 135 Å². The van der Waals surface area contributed by atoms with E-state index in [0.29, 0.717) is 19.3 Å². The smallest absolute Gasteiger partial charge is 0.306 e. The number of hydrogen-bond donors (Lipinski definition) is 0. The zero-order valence-electron chi connectivity index (χ0n) is 41.2. The van der Waals surface area contributed by atoms with Gasteiger partial charge < -0.3 is 14.2 Å². The van der Waals surface area contributed by atoms with Crippen LogP contribution in [0, 0.1) is 0 Å². The van der Waals surface area contributed by atoms with E-state index in [9.17, 15) is 14.4 Å². The molecule has 1 atom stereocenters. The molecule has 0 aliphatic rings. The fraction of sp³-hybridized carbons (Fsp3) is 0.542. The number of ether oxygens (including phenoxy) is 3. The molecule has 0 aliphatic heterocycles. The molecule has 362 valence electrons. The molecule has 0 amide bonds. The molecule has 0 heterocycles. The Bertz CT molecular complexity index is 1490. The van der Waals surface area contributed by atoms with Crippen LogP contribution >= 0.6 is 0 Å². The molecule has 0 spiro atoms. The molecule has 0 bridgehead atoms. The second-order valence-electron chi connectivity index (χ2n) is 16.0. The van der Waals surface area contributed by atoms with E-state index in [2.05, 4.69) is 167 Å². The van der Waals surface area contributed by atoms with E-state index in [-0.39, 0.29) is 50.4 Å². The molecular formula is C59H90O6. The first-order chi connectivity index (χ1) is 32.0. The lowest BCUT2D eigenvalue weighted by molar-refractivity contribution is -0.167. The van der Waals surface area contributed by atoms with E-state index in [1.165, 1.54) is 25.7 Å². The van der Waals surface area contributed by atoms with Crippen molar-refractivity contribution in [1.29, 1.82) is 0 Å². The van der Waals surface area contributed by atoms with Crippen LogP contribution < -0.4 is 0 Å². The molecular weight excluding hydrogens is 805 g/mol. The summed E-state index contributed by atoms with van der Waals surface area (Å²) in [5.41, 5.74) is 0. The lowest BCUT2D eigenvalue weighted by Gasteiger charge is -2.18. The monoisotopic (exact) mass is 895 g/mol. The van der Waals surface area contributed by atoms with E-state index in [4.69, 9.17) is 14.2 Å². The number of hydrogen-bond acceptors (Lipinski definition) is 6. The van der Waals surface area contributed by atoms with Crippen molar-refractivity contribution in [2.24, 2.45) is 0 Å². The van der Waals surface area contributed by atoms with Gasteiger partial charge in [0.25, 0.3) is 0 Å². The van der Waals surface area contributed by atoms with Gasteiger partial charge in [-0.1, -0.05) is 179 Å². The SMILES string of the molecule is CC/C=C\C/C=C\C/C=C\C/C=C\C/C=C\CCCC(=O)OC[C@H](COC(=O)CCCC/C=C\C/C=C\C/C=C\CCCCC)OC(=O)CCCC/C=C\C/C=C\C/C=C\C/C=C\CC. The average molecular weight is 895 g/mol. The van der Waals surface area contributed by atoms with Crippen LogP contribution in [0.3, 0.4) is 0 Å². The third-order valence-electron chi connectivity index (χ3n) is 9.81. The van der Waals surface area contributed by atoms with Gasteiger partial charge in [0.2, 0.25) is 0 Å². The van der Waals surface area contributed by atoms with Gasteiger partial charge in [0.05, 0.1) is 0 Å². The summed E-state index contributed by atoms with van der Waals surface area (Å²) in [5.74, 6) is -1.09. The molecule has 0 saturated heterocycles. The molecule has 0 aliphatic carbocycles. The maximum absolute atomic E-state index is 12.8. The minimum atomic E-state index is -0.844. The molecule has 0 aromatic rings. The average Bonchev–Trinajstić information content (AvgIpc) is 3.30. The van der Waals surface area contributed by atoms with Gasteiger partial charge in [-0.2, -0.15) is 0 Å². The van der Waals surface area contributed by atoms with Crippen molar-refractivity contribution in [2.45, 2.75) is 194 Å². The number of carbonyl (C=O) groups is 3. The van der Waals surface area contributed by atoms with Crippen LogP contribution in [0.15, 0.2) is 146 Å². The molecule has 6 nitrogen and oxygen atoms in total. The summed E-state index contributed by atoms with van der Waals surface area (Å²) in [6, 6.07) is 0. The summed E-state index contributed by atoms with van der Waals surface area (Å²) in [5, 5.41) is 0. The lowest BCUT2D eigenvalue weighted by Crippen LogP contribution is -2.30. The second kappa shape index (κ2) is 51.9. The number of rotatable bonds is 43. The van der Waals surface area contributed by atoms with Crippen LogP contribution in [0.4, 0.5) is 0 Å². The van der Waals surface area contributed by atoms with Crippen LogP contribution in [-0.4, -0.2) is 37.2 Å². The van der Waals surface area contributed by atoms with Crippen LogP contribution in [0.5, 0.6) is 0 Å². The van der Waals surface area contributed by atoms with Gasteiger partial charge >= 0.3 is 17.9 Å². The van der Waals surface area contributed by atoms with Crippen LogP contribution in [0.2, 0.25) is 0 Å². The molecule has 0 aromatic heterocycles. The molecule has 0 N–H and O–H groups in total. The van der Waals surface area contributed by atoms with Crippen LogP contribution in [0.1, 0.15) is 188 Å². The van der Waals surface area contributed by atoms with Crippen molar-refractivity contribution in [1.82, 2.24) is 0 Å². The van der Waals surface area contributed by atoms with Crippen molar-refractivity contribution >= 4 is 17.9 Å². The predicted octanol–water partition coefficient (Wildman–Crippen LogP) is 16.9. The van der Waals surface area contributed by atoms with Crippen molar-refractivity contribution in [2.75, 3.05) is 13.2 Å². The van der Waals surface area contributed by atoms with Gasteiger partial charge in [0.15, 0.2) is 6.10 Å². The third kappa shape index (κ3) is 50.2. The molecule has 0 radical (unpaired) electrons. The normalized spacial score (nSPS) is 13.3. The first kappa shape index (κ1) is 60.3. The van der Waals surface area contributed by atoms with Crippen molar-refractivity contribution in [3.63, 3.8) is 0 Å². The summed E-state index contributed by atoms with van der Waals surface area (Å²) in [6.07, 6.45) is 74.1. The fourth-order valence-electron chi connectivity index (χ4n) is 6.06. The van der Waals surface area contributed by atoms with Crippen molar-refractivity contribution in [3.8, 4) is 0 Å². The minimum Gasteiger partial charge on any atom is -0.462 e.